The molecule has 0 aromatic heterocycles. The summed E-state index contributed by atoms with van der Waals surface area (Å²) in [7, 11) is 0. The van der Waals surface area contributed by atoms with Crippen molar-refractivity contribution in [1.82, 2.24) is 0 Å². The average Bonchev–Trinajstić information content (AvgIpc) is 1.92. The van der Waals surface area contributed by atoms with E-state index in [9.17, 15) is 18.0 Å². The summed E-state index contributed by atoms with van der Waals surface area (Å²) in [6.07, 6.45) is 0. The van der Waals surface area contributed by atoms with Gasteiger partial charge in [0.2, 0.25) is 5.91 Å². The molecule has 0 rings (SSSR count). The first-order valence-corrected chi connectivity index (χ1v) is 2.61. The third-order valence-electron chi connectivity index (χ3n) is 1.29. The van der Waals surface area contributed by atoms with Crippen molar-refractivity contribution in [3.8, 4) is 0 Å². The highest BCUT2D eigenvalue weighted by Gasteiger charge is 2.37. The van der Waals surface area contributed by atoms with E-state index in [4.69, 9.17) is 0 Å². The number of rotatable bonds is 4. The molecule has 2 nitrogen and oxygen atoms in total. The zero-order valence-electron chi connectivity index (χ0n) is 5.24. The van der Waals surface area contributed by atoms with E-state index in [-0.39, 0.29) is 0 Å². The number of hydrogen-bond donors (Lipinski definition) is 1. The molecule has 2 N–H and O–H groups in total. The maximum Gasteiger partial charge on any atom is 0.231 e. The van der Waals surface area contributed by atoms with E-state index < -0.39 is 31.3 Å². The lowest BCUT2D eigenvalue weighted by Crippen LogP contribution is -2.42. The highest BCUT2D eigenvalue weighted by Crippen LogP contribution is 2.18. The summed E-state index contributed by atoms with van der Waals surface area (Å²) < 4.78 is 35.4. The Hall–Kier alpha value is -0.740. The van der Waals surface area contributed by atoms with Gasteiger partial charge in [0.15, 0.2) is 0 Å². The van der Waals surface area contributed by atoms with E-state index in [0.717, 1.165) is 0 Å². The summed E-state index contributed by atoms with van der Waals surface area (Å²) in [6.45, 7) is -4.18. The van der Waals surface area contributed by atoms with Gasteiger partial charge >= 0.3 is 0 Å². The SMILES string of the molecule is NC(=O)C(CF)(CF)CF. The molecule has 0 aromatic rings. The van der Waals surface area contributed by atoms with Gasteiger partial charge in [-0.3, -0.25) is 4.79 Å². The van der Waals surface area contributed by atoms with Crippen molar-refractivity contribution in [2.75, 3.05) is 20.0 Å². The Morgan fingerprint density at radius 3 is 1.50 bits per heavy atom. The molecule has 0 aliphatic heterocycles. The normalized spacial score (nSPS) is 11.5. The first kappa shape index (κ1) is 9.26. The molecule has 0 fully saturated rings. The van der Waals surface area contributed by atoms with E-state index in [2.05, 4.69) is 5.73 Å². The molecule has 0 radical (unpaired) electrons. The van der Waals surface area contributed by atoms with Crippen LogP contribution in [0.15, 0.2) is 0 Å². The van der Waals surface area contributed by atoms with Gasteiger partial charge in [-0.15, -0.1) is 0 Å². The van der Waals surface area contributed by atoms with Gasteiger partial charge in [-0.25, -0.2) is 13.2 Å². The van der Waals surface area contributed by atoms with Crippen LogP contribution < -0.4 is 5.73 Å². The maximum atomic E-state index is 11.8. The van der Waals surface area contributed by atoms with Crippen LogP contribution in [0.1, 0.15) is 0 Å². The minimum atomic E-state index is -2.24. The highest BCUT2D eigenvalue weighted by atomic mass is 19.1. The van der Waals surface area contributed by atoms with Crippen LogP contribution in [0.4, 0.5) is 13.2 Å². The molecule has 5 heteroatoms. The summed E-state index contributed by atoms with van der Waals surface area (Å²) in [6, 6.07) is 0. The van der Waals surface area contributed by atoms with Crippen LogP contribution in [-0.2, 0) is 4.79 Å². The van der Waals surface area contributed by atoms with Crippen molar-refractivity contribution in [3.63, 3.8) is 0 Å². The first-order valence-electron chi connectivity index (χ1n) is 2.61. The second-order valence-corrected chi connectivity index (χ2v) is 2.05. The Bertz CT molecular complexity index is 116. The van der Waals surface area contributed by atoms with Crippen molar-refractivity contribution in [2.45, 2.75) is 0 Å². The fourth-order valence-electron chi connectivity index (χ4n) is 0.305. The molecule has 0 aliphatic rings. The molecule has 0 aliphatic carbocycles. The second kappa shape index (κ2) is 3.43. The summed E-state index contributed by atoms with van der Waals surface area (Å²) in [5.74, 6) is -1.28. The Morgan fingerprint density at radius 2 is 1.50 bits per heavy atom. The Morgan fingerprint density at radius 1 is 1.20 bits per heavy atom. The van der Waals surface area contributed by atoms with Crippen LogP contribution in [-0.4, -0.2) is 25.9 Å². The number of halogens is 3. The fraction of sp³-hybridized carbons (Fsp3) is 0.800. The van der Waals surface area contributed by atoms with Gasteiger partial charge in [0.05, 0.1) is 0 Å². The standard InChI is InChI=1S/C5H8F3NO/c6-1-5(2-7,3-8)4(9)10/h1-3H2,(H2,9,10). The quantitative estimate of drug-likeness (QED) is 0.626. The smallest absolute Gasteiger partial charge is 0.231 e. The number of amides is 1. The zero-order chi connectivity index (χ0) is 8.20. The van der Waals surface area contributed by atoms with Gasteiger partial charge in [-0.1, -0.05) is 0 Å². The number of hydrogen-bond acceptors (Lipinski definition) is 1. The number of carbonyl (C=O) groups excluding carboxylic acids is 1. The zero-order valence-corrected chi connectivity index (χ0v) is 5.24. The fourth-order valence-corrected chi connectivity index (χ4v) is 0.305. The molecular formula is C5H8F3NO. The van der Waals surface area contributed by atoms with Gasteiger partial charge in [-0.05, 0) is 0 Å². The second-order valence-electron chi connectivity index (χ2n) is 2.05. The van der Waals surface area contributed by atoms with Crippen LogP contribution in [0, 0.1) is 5.41 Å². The van der Waals surface area contributed by atoms with Crippen LogP contribution in [0.25, 0.3) is 0 Å². The number of primary amides is 1. The third kappa shape index (κ3) is 1.40. The first-order chi connectivity index (χ1) is 4.63. The van der Waals surface area contributed by atoms with Crippen molar-refractivity contribution in [1.29, 1.82) is 0 Å². The minimum absolute atomic E-state index is 1.28. The number of nitrogens with two attached hydrogens (primary N) is 1. The van der Waals surface area contributed by atoms with Crippen LogP contribution >= 0.6 is 0 Å². The summed E-state index contributed by atoms with van der Waals surface area (Å²) >= 11 is 0. The molecule has 0 unspecified atom stereocenters. The predicted molar refractivity (Wildman–Crippen MR) is 29.6 cm³/mol. The van der Waals surface area contributed by atoms with Crippen molar-refractivity contribution >= 4 is 5.91 Å². The highest BCUT2D eigenvalue weighted by molar-refractivity contribution is 5.81. The van der Waals surface area contributed by atoms with E-state index in [0.29, 0.717) is 0 Å². The lowest BCUT2D eigenvalue weighted by atomic mass is 9.93. The third-order valence-corrected chi connectivity index (χ3v) is 1.29. The Kier molecular flexibility index (Phi) is 3.18. The van der Waals surface area contributed by atoms with E-state index in [1.165, 1.54) is 0 Å². The summed E-state index contributed by atoms with van der Waals surface area (Å²) in [4.78, 5) is 10.2. The van der Waals surface area contributed by atoms with Crippen LogP contribution in [0.5, 0.6) is 0 Å². The Balaban J connectivity index is 4.31. The van der Waals surface area contributed by atoms with Crippen LogP contribution in [0.2, 0.25) is 0 Å². The molecule has 0 aromatic carbocycles. The maximum absolute atomic E-state index is 11.8. The van der Waals surface area contributed by atoms with E-state index in [1.807, 2.05) is 0 Å². The molecule has 0 saturated carbocycles. The number of carbonyl (C=O) groups is 1. The van der Waals surface area contributed by atoms with Gasteiger partial charge in [-0.2, -0.15) is 0 Å². The van der Waals surface area contributed by atoms with Gasteiger partial charge in [0, 0.05) is 0 Å². The summed E-state index contributed by atoms with van der Waals surface area (Å²) in [5, 5.41) is 0. The minimum Gasteiger partial charge on any atom is -0.369 e. The van der Waals surface area contributed by atoms with Gasteiger partial charge in [0.1, 0.15) is 25.4 Å². The molecule has 60 valence electrons. The van der Waals surface area contributed by atoms with Gasteiger partial charge < -0.3 is 5.73 Å². The molecule has 0 heterocycles. The largest absolute Gasteiger partial charge is 0.369 e. The Labute approximate surface area is 56.2 Å². The molecule has 0 atom stereocenters. The average molecular weight is 155 g/mol. The number of alkyl halides is 3. The topological polar surface area (TPSA) is 43.1 Å². The van der Waals surface area contributed by atoms with Crippen molar-refractivity contribution in [3.05, 3.63) is 0 Å². The molecule has 10 heavy (non-hydrogen) atoms. The monoisotopic (exact) mass is 155 g/mol. The van der Waals surface area contributed by atoms with Crippen molar-refractivity contribution in [2.24, 2.45) is 11.1 Å². The lowest BCUT2D eigenvalue weighted by Gasteiger charge is -2.18. The van der Waals surface area contributed by atoms with Crippen LogP contribution in [0.3, 0.4) is 0 Å². The molecule has 0 saturated heterocycles. The van der Waals surface area contributed by atoms with Gasteiger partial charge in [0.25, 0.3) is 0 Å². The molecule has 1 amide bonds. The molecule has 0 spiro atoms. The summed E-state index contributed by atoms with van der Waals surface area (Å²) in [5.41, 5.74) is 2.31. The van der Waals surface area contributed by atoms with Crippen molar-refractivity contribution < 1.29 is 18.0 Å². The lowest BCUT2D eigenvalue weighted by molar-refractivity contribution is -0.130. The molecular weight excluding hydrogens is 147 g/mol. The van der Waals surface area contributed by atoms with E-state index >= 15 is 0 Å². The predicted octanol–water partition coefficient (Wildman–Crippen LogP) is 0.367. The van der Waals surface area contributed by atoms with E-state index in [1.54, 1.807) is 0 Å². The molecule has 0 bridgehead atoms.